The molecule has 0 saturated carbocycles. The lowest BCUT2D eigenvalue weighted by molar-refractivity contribution is 0.0853. The van der Waals surface area contributed by atoms with Crippen LogP contribution in [0.3, 0.4) is 0 Å². The van der Waals surface area contributed by atoms with E-state index >= 15 is 0 Å². The van der Waals surface area contributed by atoms with Crippen LogP contribution in [-0.2, 0) is 0 Å². The highest BCUT2D eigenvalue weighted by Gasteiger charge is 2.23. The molecule has 0 amide bonds. The molecule has 2 rings (SSSR count). The number of rotatable bonds is 1. The highest BCUT2D eigenvalue weighted by molar-refractivity contribution is 5.83. The SMILES string of the molecule is O=C(C1CCCN1)n1cccn1. The number of carbonyl (C=O) groups excluding carboxylic acids is 1. The number of hydrogen-bond acceptors (Lipinski definition) is 3. The molecule has 1 fully saturated rings. The van der Waals surface area contributed by atoms with Gasteiger partial charge in [0.15, 0.2) is 0 Å². The molecule has 0 radical (unpaired) electrons. The lowest BCUT2D eigenvalue weighted by Gasteiger charge is -2.07. The fourth-order valence-corrected chi connectivity index (χ4v) is 1.45. The summed E-state index contributed by atoms with van der Waals surface area (Å²) in [6, 6.07) is 1.73. The predicted octanol–water partition coefficient (Wildman–Crippen LogP) is 0.275. The van der Waals surface area contributed by atoms with Crippen LogP contribution in [0.5, 0.6) is 0 Å². The van der Waals surface area contributed by atoms with E-state index in [9.17, 15) is 4.79 Å². The van der Waals surface area contributed by atoms with Crippen LogP contribution in [0.25, 0.3) is 0 Å². The molecule has 1 aliphatic heterocycles. The fraction of sp³-hybridized carbons (Fsp3) is 0.500. The van der Waals surface area contributed by atoms with Crippen molar-refractivity contribution in [2.45, 2.75) is 18.9 Å². The van der Waals surface area contributed by atoms with Crippen LogP contribution in [0.4, 0.5) is 0 Å². The average molecular weight is 165 g/mol. The Morgan fingerprint density at radius 1 is 1.67 bits per heavy atom. The number of aromatic nitrogens is 2. The van der Waals surface area contributed by atoms with Crippen molar-refractivity contribution < 1.29 is 4.79 Å². The van der Waals surface area contributed by atoms with Crippen molar-refractivity contribution in [3.8, 4) is 0 Å². The van der Waals surface area contributed by atoms with Crippen LogP contribution in [0, 0.1) is 0 Å². The topological polar surface area (TPSA) is 46.9 Å². The molecule has 0 spiro atoms. The van der Waals surface area contributed by atoms with Crippen molar-refractivity contribution in [1.29, 1.82) is 0 Å². The maximum atomic E-state index is 11.5. The molecule has 0 bridgehead atoms. The van der Waals surface area contributed by atoms with Crippen molar-refractivity contribution in [1.82, 2.24) is 15.1 Å². The van der Waals surface area contributed by atoms with Gasteiger partial charge >= 0.3 is 0 Å². The van der Waals surface area contributed by atoms with Gasteiger partial charge in [-0.3, -0.25) is 4.79 Å². The molecule has 4 nitrogen and oxygen atoms in total. The van der Waals surface area contributed by atoms with Crippen LogP contribution < -0.4 is 5.32 Å². The molecule has 2 heterocycles. The largest absolute Gasteiger partial charge is 0.306 e. The predicted molar refractivity (Wildman–Crippen MR) is 43.9 cm³/mol. The minimum absolute atomic E-state index is 0.0232. The molecule has 1 N–H and O–H groups in total. The van der Waals surface area contributed by atoms with Gasteiger partial charge in [-0.1, -0.05) is 0 Å². The highest BCUT2D eigenvalue weighted by Crippen LogP contribution is 2.06. The van der Waals surface area contributed by atoms with E-state index in [1.807, 2.05) is 0 Å². The number of nitrogens with zero attached hydrogens (tertiary/aromatic N) is 2. The van der Waals surface area contributed by atoms with Crippen molar-refractivity contribution in [3.63, 3.8) is 0 Å². The van der Waals surface area contributed by atoms with E-state index in [0.29, 0.717) is 0 Å². The number of hydrogen-bond donors (Lipinski definition) is 1. The monoisotopic (exact) mass is 165 g/mol. The van der Waals surface area contributed by atoms with Gasteiger partial charge in [-0.05, 0) is 25.5 Å². The first-order valence-corrected chi connectivity index (χ1v) is 4.15. The molecule has 12 heavy (non-hydrogen) atoms. The third-order valence-electron chi connectivity index (χ3n) is 2.09. The Hall–Kier alpha value is -1.16. The van der Waals surface area contributed by atoms with E-state index in [1.165, 1.54) is 4.68 Å². The highest BCUT2D eigenvalue weighted by atomic mass is 16.2. The summed E-state index contributed by atoms with van der Waals surface area (Å²) in [4.78, 5) is 11.5. The van der Waals surface area contributed by atoms with Gasteiger partial charge < -0.3 is 5.32 Å². The van der Waals surface area contributed by atoms with Gasteiger partial charge in [-0.15, -0.1) is 0 Å². The molecule has 1 saturated heterocycles. The minimum atomic E-state index is -0.0232. The maximum absolute atomic E-state index is 11.5. The van der Waals surface area contributed by atoms with Crippen molar-refractivity contribution in [2.24, 2.45) is 0 Å². The second-order valence-electron chi connectivity index (χ2n) is 2.94. The normalized spacial score (nSPS) is 22.8. The zero-order chi connectivity index (χ0) is 8.39. The summed E-state index contributed by atoms with van der Waals surface area (Å²) < 4.78 is 1.39. The van der Waals surface area contributed by atoms with E-state index in [4.69, 9.17) is 0 Å². The third kappa shape index (κ3) is 1.25. The van der Waals surface area contributed by atoms with Crippen LogP contribution >= 0.6 is 0 Å². The molecule has 0 aliphatic carbocycles. The first kappa shape index (κ1) is 7.49. The number of nitrogens with one attached hydrogen (secondary N) is 1. The molecule has 4 heteroatoms. The van der Waals surface area contributed by atoms with Crippen molar-refractivity contribution in [3.05, 3.63) is 18.5 Å². The molecule has 1 aromatic heterocycles. The summed E-state index contributed by atoms with van der Waals surface area (Å²) in [6.45, 7) is 0.942. The molecular weight excluding hydrogens is 154 g/mol. The van der Waals surface area contributed by atoms with Crippen LogP contribution in [0.15, 0.2) is 18.5 Å². The first-order valence-electron chi connectivity index (χ1n) is 4.15. The fourth-order valence-electron chi connectivity index (χ4n) is 1.45. The quantitative estimate of drug-likeness (QED) is 0.650. The van der Waals surface area contributed by atoms with Gasteiger partial charge in [0.25, 0.3) is 5.91 Å². The van der Waals surface area contributed by atoms with E-state index in [2.05, 4.69) is 10.4 Å². The van der Waals surface area contributed by atoms with E-state index in [1.54, 1.807) is 18.5 Å². The van der Waals surface area contributed by atoms with Gasteiger partial charge in [0.1, 0.15) is 0 Å². The summed E-state index contributed by atoms with van der Waals surface area (Å²) >= 11 is 0. The van der Waals surface area contributed by atoms with Crippen LogP contribution in [0.2, 0.25) is 0 Å². The Morgan fingerprint density at radius 3 is 3.17 bits per heavy atom. The summed E-state index contributed by atoms with van der Waals surface area (Å²) in [6.07, 6.45) is 5.31. The van der Waals surface area contributed by atoms with Gasteiger partial charge in [0.2, 0.25) is 0 Å². The standard InChI is InChI=1S/C8H11N3O/c12-8(7-3-1-4-9-7)11-6-2-5-10-11/h2,5-7,9H,1,3-4H2. The Labute approximate surface area is 70.6 Å². The summed E-state index contributed by atoms with van der Waals surface area (Å²) in [7, 11) is 0. The van der Waals surface area contributed by atoms with Gasteiger partial charge in [0.05, 0.1) is 6.04 Å². The van der Waals surface area contributed by atoms with E-state index in [-0.39, 0.29) is 11.9 Å². The molecule has 1 aliphatic rings. The summed E-state index contributed by atoms with van der Waals surface area (Å²) in [5.74, 6) is 0.0532. The third-order valence-corrected chi connectivity index (χ3v) is 2.09. The molecule has 1 aromatic rings. The van der Waals surface area contributed by atoms with Gasteiger partial charge in [-0.25, -0.2) is 4.68 Å². The summed E-state index contributed by atoms with van der Waals surface area (Å²) in [5.41, 5.74) is 0. The van der Waals surface area contributed by atoms with Crippen molar-refractivity contribution in [2.75, 3.05) is 6.54 Å². The zero-order valence-corrected chi connectivity index (χ0v) is 6.73. The minimum Gasteiger partial charge on any atom is -0.306 e. The summed E-state index contributed by atoms with van der Waals surface area (Å²) in [5, 5.41) is 7.02. The second kappa shape index (κ2) is 3.06. The van der Waals surface area contributed by atoms with Gasteiger partial charge in [-0.2, -0.15) is 5.10 Å². The van der Waals surface area contributed by atoms with E-state index < -0.39 is 0 Å². The Bertz CT molecular complexity index is 262. The zero-order valence-electron chi connectivity index (χ0n) is 6.73. The number of carbonyl (C=O) groups is 1. The Morgan fingerprint density at radius 2 is 2.58 bits per heavy atom. The Balaban J connectivity index is 2.09. The van der Waals surface area contributed by atoms with Gasteiger partial charge in [0, 0.05) is 12.4 Å². The molecule has 0 aromatic carbocycles. The van der Waals surface area contributed by atoms with Crippen LogP contribution in [-0.4, -0.2) is 28.3 Å². The average Bonchev–Trinajstić information content (AvgIpc) is 2.77. The molecular formula is C8H11N3O. The molecule has 64 valence electrons. The van der Waals surface area contributed by atoms with E-state index in [0.717, 1.165) is 19.4 Å². The second-order valence-corrected chi connectivity index (χ2v) is 2.94. The molecule has 1 unspecified atom stereocenters. The smallest absolute Gasteiger partial charge is 0.263 e. The molecule has 1 atom stereocenters. The van der Waals surface area contributed by atoms with Crippen molar-refractivity contribution >= 4 is 5.91 Å². The lowest BCUT2D eigenvalue weighted by Crippen LogP contribution is -2.34. The Kier molecular flexibility index (Phi) is 1.91. The maximum Gasteiger partial charge on any atom is 0.263 e. The lowest BCUT2D eigenvalue weighted by atomic mass is 10.2. The van der Waals surface area contributed by atoms with Crippen LogP contribution in [0.1, 0.15) is 17.6 Å². The first-order chi connectivity index (χ1) is 5.88.